The minimum absolute atomic E-state index is 0.195. The Bertz CT molecular complexity index is 221. The summed E-state index contributed by atoms with van der Waals surface area (Å²) in [6.07, 6.45) is 3.14. The van der Waals surface area contributed by atoms with Gasteiger partial charge < -0.3 is 20.6 Å². The van der Waals surface area contributed by atoms with Crippen molar-refractivity contribution < 1.29 is 9.90 Å². The predicted molar refractivity (Wildman–Crippen MR) is 63.4 cm³/mol. The van der Waals surface area contributed by atoms with Crippen LogP contribution in [0.25, 0.3) is 0 Å². The van der Waals surface area contributed by atoms with Crippen molar-refractivity contribution >= 4 is 6.03 Å². The van der Waals surface area contributed by atoms with Crippen LogP contribution in [0.1, 0.15) is 26.2 Å². The number of nitrogens with zero attached hydrogens (tertiary/aromatic N) is 1. The molecule has 0 aromatic heterocycles. The Labute approximate surface area is 97.2 Å². The van der Waals surface area contributed by atoms with Gasteiger partial charge in [0.15, 0.2) is 0 Å². The molecule has 0 saturated carbocycles. The molecule has 2 unspecified atom stereocenters. The number of hydrogen-bond acceptors (Lipinski definition) is 3. The van der Waals surface area contributed by atoms with Crippen molar-refractivity contribution in [2.75, 3.05) is 26.7 Å². The summed E-state index contributed by atoms with van der Waals surface area (Å²) in [5, 5.41) is 14.5. The SMILES string of the molecule is CC(O)CNC(=O)NCC1CCCCN1C. The quantitative estimate of drug-likeness (QED) is 0.643. The number of likely N-dealkylation sites (tertiary alicyclic amines) is 1. The normalized spacial score (nSPS) is 23.8. The van der Waals surface area contributed by atoms with E-state index < -0.39 is 6.10 Å². The number of aliphatic hydroxyl groups is 1. The van der Waals surface area contributed by atoms with E-state index in [1.54, 1.807) is 6.92 Å². The zero-order valence-electron chi connectivity index (χ0n) is 10.2. The Hall–Kier alpha value is -0.810. The van der Waals surface area contributed by atoms with Crippen LogP contribution in [0.15, 0.2) is 0 Å². The summed E-state index contributed by atoms with van der Waals surface area (Å²) in [6, 6.07) is 0.255. The lowest BCUT2D eigenvalue weighted by Crippen LogP contribution is -2.47. The maximum atomic E-state index is 11.3. The number of hydrogen-bond donors (Lipinski definition) is 3. The summed E-state index contributed by atoms with van der Waals surface area (Å²) in [5.74, 6) is 0. The number of aliphatic hydroxyl groups excluding tert-OH is 1. The molecule has 1 rings (SSSR count). The number of likely N-dealkylation sites (N-methyl/N-ethyl adjacent to an activating group) is 1. The number of piperidine rings is 1. The molecule has 2 atom stereocenters. The monoisotopic (exact) mass is 229 g/mol. The van der Waals surface area contributed by atoms with E-state index in [4.69, 9.17) is 5.11 Å². The van der Waals surface area contributed by atoms with Gasteiger partial charge in [-0.05, 0) is 33.4 Å². The van der Waals surface area contributed by atoms with E-state index in [1.165, 1.54) is 12.8 Å². The van der Waals surface area contributed by atoms with Gasteiger partial charge in [-0.2, -0.15) is 0 Å². The highest BCUT2D eigenvalue weighted by atomic mass is 16.3. The second-order valence-electron chi connectivity index (χ2n) is 4.57. The number of urea groups is 1. The Morgan fingerprint density at radius 3 is 2.88 bits per heavy atom. The fraction of sp³-hybridized carbons (Fsp3) is 0.909. The summed E-state index contributed by atoms with van der Waals surface area (Å²) in [5.41, 5.74) is 0. The lowest BCUT2D eigenvalue weighted by atomic mass is 10.0. The van der Waals surface area contributed by atoms with E-state index in [2.05, 4.69) is 22.6 Å². The van der Waals surface area contributed by atoms with Gasteiger partial charge in [0.1, 0.15) is 0 Å². The van der Waals surface area contributed by atoms with Crippen LogP contribution in [-0.2, 0) is 0 Å². The standard InChI is InChI=1S/C11H23N3O2/c1-9(15)7-12-11(16)13-8-10-5-3-4-6-14(10)2/h9-10,15H,3-8H2,1-2H3,(H2,12,13,16). The summed E-state index contributed by atoms with van der Waals surface area (Å²) >= 11 is 0. The van der Waals surface area contributed by atoms with E-state index in [9.17, 15) is 4.79 Å². The van der Waals surface area contributed by atoms with Crippen LogP contribution in [0, 0.1) is 0 Å². The highest BCUT2D eigenvalue weighted by Gasteiger charge is 2.18. The first-order valence-electron chi connectivity index (χ1n) is 5.99. The lowest BCUT2D eigenvalue weighted by Gasteiger charge is -2.32. The molecule has 1 fully saturated rings. The van der Waals surface area contributed by atoms with E-state index in [0.717, 1.165) is 13.0 Å². The largest absolute Gasteiger partial charge is 0.392 e. The smallest absolute Gasteiger partial charge is 0.314 e. The minimum atomic E-state index is -0.497. The van der Waals surface area contributed by atoms with Gasteiger partial charge in [0, 0.05) is 19.1 Å². The summed E-state index contributed by atoms with van der Waals surface area (Å²) in [6.45, 7) is 3.74. The van der Waals surface area contributed by atoms with E-state index in [-0.39, 0.29) is 6.03 Å². The van der Waals surface area contributed by atoms with Gasteiger partial charge in [-0.25, -0.2) is 4.79 Å². The summed E-state index contributed by atoms with van der Waals surface area (Å²) in [7, 11) is 2.10. The van der Waals surface area contributed by atoms with Crippen molar-refractivity contribution in [3.05, 3.63) is 0 Å². The van der Waals surface area contributed by atoms with Crippen LogP contribution in [-0.4, -0.2) is 54.9 Å². The molecule has 94 valence electrons. The zero-order valence-corrected chi connectivity index (χ0v) is 10.2. The first-order valence-corrected chi connectivity index (χ1v) is 5.99. The number of carbonyl (C=O) groups excluding carboxylic acids is 1. The molecule has 5 nitrogen and oxygen atoms in total. The van der Waals surface area contributed by atoms with Crippen LogP contribution in [0.4, 0.5) is 4.79 Å². The first-order chi connectivity index (χ1) is 7.59. The van der Waals surface area contributed by atoms with Crippen LogP contribution in [0.5, 0.6) is 0 Å². The molecule has 16 heavy (non-hydrogen) atoms. The molecule has 0 aromatic carbocycles. The maximum absolute atomic E-state index is 11.3. The number of nitrogens with one attached hydrogen (secondary N) is 2. The highest BCUT2D eigenvalue weighted by Crippen LogP contribution is 2.13. The first kappa shape index (κ1) is 13.3. The van der Waals surface area contributed by atoms with Crippen LogP contribution >= 0.6 is 0 Å². The molecule has 0 aromatic rings. The zero-order chi connectivity index (χ0) is 12.0. The minimum Gasteiger partial charge on any atom is -0.392 e. The molecule has 1 saturated heterocycles. The molecule has 2 amide bonds. The fourth-order valence-electron chi connectivity index (χ4n) is 1.92. The Balaban J connectivity index is 2.15. The molecule has 5 heteroatoms. The fourth-order valence-corrected chi connectivity index (χ4v) is 1.92. The number of carbonyl (C=O) groups is 1. The van der Waals surface area contributed by atoms with Gasteiger partial charge in [-0.15, -0.1) is 0 Å². The molecule has 0 bridgehead atoms. The molecule has 0 aliphatic carbocycles. The van der Waals surface area contributed by atoms with Gasteiger partial charge >= 0.3 is 6.03 Å². The van der Waals surface area contributed by atoms with Crippen molar-refractivity contribution in [3.8, 4) is 0 Å². The molecule has 1 heterocycles. The molecular formula is C11H23N3O2. The van der Waals surface area contributed by atoms with Crippen LogP contribution in [0.2, 0.25) is 0 Å². The molecular weight excluding hydrogens is 206 g/mol. The Kier molecular flexibility index (Phi) is 5.55. The van der Waals surface area contributed by atoms with Crippen LogP contribution < -0.4 is 10.6 Å². The Morgan fingerprint density at radius 2 is 2.25 bits per heavy atom. The van der Waals surface area contributed by atoms with E-state index in [1.807, 2.05) is 0 Å². The van der Waals surface area contributed by atoms with Gasteiger partial charge in [-0.3, -0.25) is 0 Å². The van der Waals surface area contributed by atoms with Gasteiger partial charge in [0.05, 0.1) is 6.10 Å². The molecule has 1 aliphatic rings. The van der Waals surface area contributed by atoms with Crippen molar-refractivity contribution in [1.29, 1.82) is 0 Å². The third kappa shape index (κ3) is 4.81. The predicted octanol–water partition coefficient (Wildman–Crippen LogP) is 0.151. The van der Waals surface area contributed by atoms with E-state index >= 15 is 0 Å². The van der Waals surface area contributed by atoms with Gasteiger partial charge in [0.25, 0.3) is 0 Å². The average Bonchev–Trinajstić information content (AvgIpc) is 2.25. The van der Waals surface area contributed by atoms with Gasteiger partial charge in [0.2, 0.25) is 0 Å². The topological polar surface area (TPSA) is 64.6 Å². The number of rotatable bonds is 4. The molecule has 1 aliphatic heterocycles. The lowest BCUT2D eigenvalue weighted by molar-refractivity contribution is 0.174. The highest BCUT2D eigenvalue weighted by molar-refractivity contribution is 5.73. The summed E-state index contributed by atoms with van der Waals surface area (Å²) < 4.78 is 0. The molecule has 0 spiro atoms. The van der Waals surface area contributed by atoms with Gasteiger partial charge in [-0.1, -0.05) is 6.42 Å². The van der Waals surface area contributed by atoms with Crippen LogP contribution in [0.3, 0.4) is 0 Å². The van der Waals surface area contributed by atoms with E-state index in [0.29, 0.717) is 19.1 Å². The molecule has 3 N–H and O–H groups in total. The second kappa shape index (κ2) is 6.70. The van der Waals surface area contributed by atoms with Crippen molar-refractivity contribution in [3.63, 3.8) is 0 Å². The number of amides is 2. The third-order valence-corrected chi connectivity index (χ3v) is 2.98. The summed E-state index contributed by atoms with van der Waals surface area (Å²) in [4.78, 5) is 13.6. The Morgan fingerprint density at radius 1 is 1.50 bits per heavy atom. The van der Waals surface area contributed by atoms with Crippen molar-refractivity contribution in [2.45, 2.75) is 38.3 Å². The second-order valence-corrected chi connectivity index (χ2v) is 4.57. The third-order valence-electron chi connectivity index (χ3n) is 2.98. The average molecular weight is 229 g/mol. The molecule has 0 radical (unpaired) electrons. The van der Waals surface area contributed by atoms with Crippen molar-refractivity contribution in [2.24, 2.45) is 0 Å². The van der Waals surface area contributed by atoms with Crippen molar-refractivity contribution in [1.82, 2.24) is 15.5 Å². The maximum Gasteiger partial charge on any atom is 0.314 e.